The van der Waals surface area contributed by atoms with Gasteiger partial charge in [-0.05, 0) is 37.1 Å². The number of aromatic nitrogens is 2. The fraction of sp³-hybridized carbons (Fsp3) is 0.421. The van der Waals surface area contributed by atoms with Gasteiger partial charge in [0.1, 0.15) is 22.8 Å². The Hall–Kier alpha value is -2.93. The number of rotatable bonds is 7. The number of hydrogen-bond acceptors (Lipinski definition) is 6. The molecule has 0 unspecified atom stereocenters. The average Bonchev–Trinajstić information content (AvgIpc) is 3.53. The standard InChI is InChI=1S/C19H21F3N4O5S/c1-25(2)32(29,30)16-8-12(6-7-15(16)31-3)23-17(27)10-26-18(28)13(19(20,21)22)9-14(24-26)11-4-5-11/h6-9,11H,4-5,10H2,1-3H3,(H,23,27). The molecule has 0 saturated heterocycles. The summed E-state index contributed by atoms with van der Waals surface area (Å²) in [5.74, 6) is -0.980. The number of halogens is 3. The summed E-state index contributed by atoms with van der Waals surface area (Å²) < 4.78 is 71.3. The first-order chi connectivity index (χ1) is 14.8. The molecule has 0 aliphatic heterocycles. The fourth-order valence-corrected chi connectivity index (χ4v) is 4.02. The van der Waals surface area contributed by atoms with E-state index in [0.29, 0.717) is 17.5 Å². The van der Waals surface area contributed by atoms with Crippen molar-refractivity contribution in [1.29, 1.82) is 0 Å². The Morgan fingerprint density at radius 2 is 1.94 bits per heavy atom. The van der Waals surface area contributed by atoms with Crippen molar-refractivity contribution in [2.75, 3.05) is 26.5 Å². The molecular weight excluding hydrogens is 453 g/mol. The maximum absolute atomic E-state index is 13.3. The number of nitrogens with one attached hydrogen (secondary N) is 1. The van der Waals surface area contributed by atoms with E-state index in [0.717, 1.165) is 16.4 Å². The molecule has 1 heterocycles. The normalized spacial score (nSPS) is 14.5. The lowest BCUT2D eigenvalue weighted by Gasteiger charge is -2.16. The summed E-state index contributed by atoms with van der Waals surface area (Å²) in [5.41, 5.74) is -2.65. The monoisotopic (exact) mass is 474 g/mol. The first-order valence-corrected chi connectivity index (χ1v) is 10.9. The molecule has 174 valence electrons. The molecule has 0 atom stereocenters. The molecule has 1 aromatic heterocycles. The number of amides is 1. The van der Waals surface area contributed by atoms with Crippen LogP contribution in [0.1, 0.15) is 30.0 Å². The SMILES string of the molecule is COc1ccc(NC(=O)Cn2nc(C3CC3)cc(C(F)(F)F)c2=O)cc1S(=O)(=O)N(C)C. The number of ether oxygens (including phenoxy) is 1. The van der Waals surface area contributed by atoms with E-state index in [1.807, 2.05) is 0 Å². The van der Waals surface area contributed by atoms with E-state index in [1.54, 1.807) is 0 Å². The number of alkyl halides is 3. The summed E-state index contributed by atoms with van der Waals surface area (Å²) in [7, 11) is 0.0192. The molecule has 32 heavy (non-hydrogen) atoms. The number of carbonyl (C=O) groups excluding carboxylic acids is 1. The lowest BCUT2D eigenvalue weighted by molar-refractivity contribution is -0.139. The molecule has 2 aromatic rings. The molecule has 1 N–H and O–H groups in total. The largest absolute Gasteiger partial charge is 0.495 e. The van der Waals surface area contributed by atoms with Crippen LogP contribution in [0.25, 0.3) is 0 Å². The molecule has 1 saturated carbocycles. The predicted molar refractivity (Wildman–Crippen MR) is 108 cm³/mol. The van der Waals surface area contributed by atoms with Gasteiger partial charge < -0.3 is 10.1 Å². The first kappa shape index (κ1) is 23.7. The maximum Gasteiger partial charge on any atom is 0.421 e. The van der Waals surface area contributed by atoms with Gasteiger partial charge in [0.15, 0.2) is 0 Å². The molecule has 1 amide bonds. The van der Waals surface area contributed by atoms with Crippen molar-refractivity contribution in [3.05, 3.63) is 45.9 Å². The zero-order chi connectivity index (χ0) is 23.8. The van der Waals surface area contributed by atoms with E-state index in [9.17, 15) is 31.2 Å². The second-order valence-corrected chi connectivity index (χ2v) is 9.54. The number of methoxy groups -OCH3 is 1. The molecule has 0 bridgehead atoms. The second-order valence-electron chi connectivity index (χ2n) is 7.42. The minimum absolute atomic E-state index is 0.0431. The lowest BCUT2D eigenvalue weighted by Crippen LogP contribution is -2.35. The van der Waals surface area contributed by atoms with E-state index in [1.165, 1.54) is 33.3 Å². The Labute approximate surface area is 181 Å². The minimum Gasteiger partial charge on any atom is -0.495 e. The molecule has 1 aromatic carbocycles. The number of sulfonamides is 1. The van der Waals surface area contributed by atoms with Gasteiger partial charge in [-0.15, -0.1) is 0 Å². The van der Waals surface area contributed by atoms with Crippen molar-refractivity contribution in [2.45, 2.75) is 36.4 Å². The Bertz CT molecular complexity index is 1200. The summed E-state index contributed by atoms with van der Waals surface area (Å²) in [6.07, 6.45) is -3.57. The number of carbonyl (C=O) groups is 1. The zero-order valence-electron chi connectivity index (χ0n) is 17.4. The molecule has 1 aliphatic rings. The van der Waals surface area contributed by atoms with Gasteiger partial charge in [-0.1, -0.05) is 0 Å². The van der Waals surface area contributed by atoms with Crippen LogP contribution in [-0.4, -0.2) is 49.6 Å². The highest BCUT2D eigenvalue weighted by molar-refractivity contribution is 7.89. The highest BCUT2D eigenvalue weighted by Crippen LogP contribution is 2.40. The van der Waals surface area contributed by atoms with Crippen LogP contribution in [0, 0.1) is 0 Å². The van der Waals surface area contributed by atoms with Crippen molar-refractivity contribution in [1.82, 2.24) is 14.1 Å². The average molecular weight is 474 g/mol. The first-order valence-electron chi connectivity index (χ1n) is 9.44. The molecule has 0 radical (unpaired) electrons. The van der Waals surface area contributed by atoms with Crippen LogP contribution in [0.4, 0.5) is 18.9 Å². The smallest absolute Gasteiger partial charge is 0.421 e. The third kappa shape index (κ3) is 4.93. The van der Waals surface area contributed by atoms with Gasteiger partial charge in [0.05, 0.1) is 12.8 Å². The predicted octanol–water partition coefficient (Wildman–Crippen LogP) is 2.04. The quantitative estimate of drug-likeness (QED) is 0.658. The molecular formula is C19H21F3N4O5S. The third-order valence-electron chi connectivity index (χ3n) is 4.79. The van der Waals surface area contributed by atoms with E-state index < -0.39 is 39.8 Å². The number of hydrogen-bond donors (Lipinski definition) is 1. The number of benzene rings is 1. The van der Waals surface area contributed by atoms with Gasteiger partial charge in [0, 0.05) is 25.7 Å². The zero-order valence-corrected chi connectivity index (χ0v) is 18.2. The summed E-state index contributed by atoms with van der Waals surface area (Å²) in [6.45, 7) is -0.774. The molecule has 0 spiro atoms. The summed E-state index contributed by atoms with van der Waals surface area (Å²) in [4.78, 5) is 24.5. The van der Waals surface area contributed by atoms with Crippen molar-refractivity contribution >= 4 is 21.6 Å². The highest BCUT2D eigenvalue weighted by atomic mass is 32.2. The van der Waals surface area contributed by atoms with Crippen LogP contribution in [-0.2, 0) is 27.5 Å². The van der Waals surface area contributed by atoms with E-state index in [4.69, 9.17) is 4.74 Å². The van der Waals surface area contributed by atoms with Crippen LogP contribution in [0.2, 0.25) is 0 Å². The van der Waals surface area contributed by atoms with Crippen LogP contribution in [0.5, 0.6) is 5.75 Å². The number of anilines is 1. The molecule has 3 rings (SSSR count). The number of nitrogens with zero attached hydrogens (tertiary/aromatic N) is 3. The van der Waals surface area contributed by atoms with Crippen molar-refractivity contribution in [3.8, 4) is 5.75 Å². The topological polar surface area (TPSA) is 111 Å². The van der Waals surface area contributed by atoms with Crippen LogP contribution >= 0.6 is 0 Å². The van der Waals surface area contributed by atoms with Gasteiger partial charge >= 0.3 is 6.18 Å². The van der Waals surface area contributed by atoms with E-state index >= 15 is 0 Å². The highest BCUT2D eigenvalue weighted by Gasteiger charge is 2.37. The van der Waals surface area contributed by atoms with Gasteiger partial charge in [0.2, 0.25) is 15.9 Å². The third-order valence-corrected chi connectivity index (χ3v) is 6.63. The van der Waals surface area contributed by atoms with Crippen LogP contribution in [0.3, 0.4) is 0 Å². The van der Waals surface area contributed by atoms with Crippen LogP contribution < -0.4 is 15.6 Å². The Morgan fingerprint density at radius 3 is 2.47 bits per heavy atom. The summed E-state index contributed by atoms with van der Waals surface area (Å²) in [6, 6.07) is 4.58. The summed E-state index contributed by atoms with van der Waals surface area (Å²) in [5, 5.41) is 6.30. The Kier molecular flexibility index (Phi) is 6.33. The Balaban J connectivity index is 1.90. The molecule has 1 fully saturated rings. The fourth-order valence-electron chi connectivity index (χ4n) is 2.94. The van der Waals surface area contributed by atoms with Gasteiger partial charge in [-0.2, -0.15) is 18.3 Å². The van der Waals surface area contributed by atoms with Gasteiger partial charge in [-0.25, -0.2) is 17.4 Å². The van der Waals surface area contributed by atoms with Crippen molar-refractivity contribution < 1.29 is 31.1 Å². The Morgan fingerprint density at radius 1 is 1.28 bits per heavy atom. The molecule has 1 aliphatic carbocycles. The van der Waals surface area contributed by atoms with Crippen molar-refractivity contribution in [2.24, 2.45) is 0 Å². The van der Waals surface area contributed by atoms with Crippen LogP contribution in [0.15, 0.2) is 34.0 Å². The maximum atomic E-state index is 13.3. The second kappa shape index (κ2) is 8.54. The molecule has 9 nitrogen and oxygen atoms in total. The van der Waals surface area contributed by atoms with E-state index in [-0.39, 0.29) is 27.9 Å². The molecule has 13 heteroatoms. The lowest BCUT2D eigenvalue weighted by atomic mass is 10.2. The minimum atomic E-state index is -4.88. The summed E-state index contributed by atoms with van der Waals surface area (Å²) >= 11 is 0. The van der Waals surface area contributed by atoms with Gasteiger partial charge in [0.25, 0.3) is 5.56 Å². The van der Waals surface area contributed by atoms with Crippen molar-refractivity contribution in [3.63, 3.8) is 0 Å². The van der Waals surface area contributed by atoms with Gasteiger partial charge in [-0.3, -0.25) is 9.59 Å². The van der Waals surface area contributed by atoms with E-state index in [2.05, 4.69) is 10.4 Å².